The van der Waals surface area contributed by atoms with Crippen LogP contribution in [0.4, 0.5) is 0 Å². The van der Waals surface area contributed by atoms with E-state index in [2.05, 4.69) is 4.90 Å². The largest absolute Gasteiger partial charge is 0.383 e. The van der Waals surface area contributed by atoms with Crippen LogP contribution in [0.5, 0.6) is 0 Å². The number of methoxy groups -OCH3 is 1. The van der Waals surface area contributed by atoms with Gasteiger partial charge in [-0.3, -0.25) is 9.69 Å². The van der Waals surface area contributed by atoms with Crippen LogP contribution >= 0.6 is 22.9 Å². The zero-order chi connectivity index (χ0) is 16.6. The minimum Gasteiger partial charge on any atom is -0.383 e. The van der Waals surface area contributed by atoms with Crippen molar-refractivity contribution in [2.24, 2.45) is 0 Å². The highest BCUT2D eigenvalue weighted by Gasteiger charge is 2.48. The van der Waals surface area contributed by atoms with Gasteiger partial charge in [0.05, 0.1) is 33.4 Å². The fourth-order valence-corrected chi connectivity index (χ4v) is 6.34. The van der Waals surface area contributed by atoms with Gasteiger partial charge in [-0.25, -0.2) is 8.42 Å². The van der Waals surface area contributed by atoms with E-state index in [0.717, 1.165) is 0 Å². The molecule has 0 N–H and O–H groups in total. The zero-order valence-corrected chi connectivity index (χ0v) is 15.2. The quantitative estimate of drug-likeness (QED) is 0.781. The number of rotatable bonds is 4. The standard InChI is InChI=1S/C14H19ClN2O4S2/c1-21-7-6-16-4-5-17(11-9-23(19,20)8-10(11)16)14(18)12-2-3-13(15)22-12/h2-3,10-11H,4-9H2,1H3. The second-order valence-electron chi connectivity index (χ2n) is 5.84. The smallest absolute Gasteiger partial charge is 0.264 e. The first-order valence-corrected chi connectivity index (χ1v) is 10.4. The van der Waals surface area contributed by atoms with Crippen molar-refractivity contribution in [2.75, 3.05) is 44.9 Å². The van der Waals surface area contributed by atoms with Crippen LogP contribution in [0, 0.1) is 0 Å². The normalized spacial score (nSPS) is 27.1. The van der Waals surface area contributed by atoms with Crippen molar-refractivity contribution in [1.82, 2.24) is 9.80 Å². The van der Waals surface area contributed by atoms with Crippen LogP contribution in [0.25, 0.3) is 0 Å². The van der Waals surface area contributed by atoms with E-state index < -0.39 is 9.84 Å². The summed E-state index contributed by atoms with van der Waals surface area (Å²) in [5.41, 5.74) is 0. The van der Waals surface area contributed by atoms with Crippen LogP contribution in [0.3, 0.4) is 0 Å². The Morgan fingerprint density at radius 3 is 2.74 bits per heavy atom. The first-order chi connectivity index (χ1) is 10.9. The molecule has 2 aliphatic heterocycles. The maximum atomic E-state index is 12.7. The number of sulfone groups is 1. The maximum Gasteiger partial charge on any atom is 0.264 e. The van der Waals surface area contributed by atoms with Gasteiger partial charge in [0, 0.05) is 32.8 Å². The number of hydrogen-bond donors (Lipinski definition) is 0. The molecule has 3 heterocycles. The lowest BCUT2D eigenvalue weighted by molar-refractivity contribution is 0.0250. The molecular weight excluding hydrogens is 360 g/mol. The Morgan fingerprint density at radius 1 is 1.35 bits per heavy atom. The van der Waals surface area contributed by atoms with Crippen molar-refractivity contribution < 1.29 is 17.9 Å². The summed E-state index contributed by atoms with van der Waals surface area (Å²) in [5.74, 6) is 0.0166. The second kappa shape index (κ2) is 6.68. The monoisotopic (exact) mass is 378 g/mol. The van der Waals surface area contributed by atoms with Crippen molar-refractivity contribution in [3.8, 4) is 0 Å². The first kappa shape index (κ1) is 17.2. The lowest BCUT2D eigenvalue weighted by Gasteiger charge is -2.43. The van der Waals surface area contributed by atoms with Gasteiger partial charge in [-0.1, -0.05) is 11.6 Å². The highest BCUT2D eigenvalue weighted by Crippen LogP contribution is 2.30. The molecular formula is C14H19ClN2O4S2. The lowest BCUT2D eigenvalue weighted by Crippen LogP contribution is -2.60. The number of halogens is 1. The van der Waals surface area contributed by atoms with Gasteiger partial charge in [-0.15, -0.1) is 11.3 Å². The molecule has 1 amide bonds. The summed E-state index contributed by atoms with van der Waals surface area (Å²) < 4.78 is 29.9. The average Bonchev–Trinajstić information content (AvgIpc) is 3.06. The predicted octanol–water partition coefficient (Wildman–Crippen LogP) is 0.971. The van der Waals surface area contributed by atoms with E-state index in [9.17, 15) is 13.2 Å². The van der Waals surface area contributed by atoms with Crippen LogP contribution in [0.1, 0.15) is 9.67 Å². The van der Waals surface area contributed by atoms with Crippen molar-refractivity contribution in [2.45, 2.75) is 12.1 Å². The molecule has 2 aliphatic rings. The molecule has 128 valence electrons. The molecule has 9 heteroatoms. The summed E-state index contributed by atoms with van der Waals surface area (Å²) in [6.45, 7) is 2.41. The van der Waals surface area contributed by atoms with E-state index in [1.807, 2.05) is 0 Å². The number of piperazine rings is 1. The molecule has 0 spiro atoms. The number of hydrogen-bond acceptors (Lipinski definition) is 6. The van der Waals surface area contributed by atoms with Crippen LogP contribution < -0.4 is 0 Å². The topological polar surface area (TPSA) is 66.9 Å². The number of nitrogens with zero attached hydrogens (tertiary/aromatic N) is 2. The number of carbonyl (C=O) groups excluding carboxylic acids is 1. The third-order valence-corrected chi connectivity index (χ3v) is 7.34. The van der Waals surface area contributed by atoms with E-state index in [0.29, 0.717) is 35.5 Å². The van der Waals surface area contributed by atoms with Gasteiger partial charge in [0.1, 0.15) is 0 Å². The van der Waals surface area contributed by atoms with E-state index in [4.69, 9.17) is 16.3 Å². The Balaban J connectivity index is 1.82. The Labute approximate surface area is 144 Å². The van der Waals surface area contributed by atoms with E-state index in [1.54, 1.807) is 24.1 Å². The fraction of sp³-hybridized carbons (Fsp3) is 0.643. The number of ether oxygens (including phenoxy) is 1. The SMILES string of the molecule is COCCN1CCN(C(=O)c2ccc(Cl)s2)C2CS(=O)(=O)CC21. The highest BCUT2D eigenvalue weighted by atomic mass is 35.5. The van der Waals surface area contributed by atoms with Gasteiger partial charge in [-0.05, 0) is 12.1 Å². The van der Waals surface area contributed by atoms with Crippen molar-refractivity contribution in [3.05, 3.63) is 21.3 Å². The molecule has 23 heavy (non-hydrogen) atoms. The third kappa shape index (κ3) is 3.56. The van der Waals surface area contributed by atoms with Crippen molar-refractivity contribution >= 4 is 38.7 Å². The molecule has 2 saturated heterocycles. The molecule has 1 aromatic heterocycles. The number of fused-ring (bicyclic) bond motifs is 1. The van der Waals surface area contributed by atoms with Gasteiger partial charge in [0.25, 0.3) is 5.91 Å². The predicted molar refractivity (Wildman–Crippen MR) is 90.0 cm³/mol. The highest BCUT2D eigenvalue weighted by molar-refractivity contribution is 7.91. The molecule has 0 saturated carbocycles. The Hall–Kier alpha value is -0.670. The minimum atomic E-state index is -3.13. The molecule has 2 atom stereocenters. The molecule has 1 aromatic rings. The summed E-state index contributed by atoms with van der Waals surface area (Å²) >= 11 is 7.14. The minimum absolute atomic E-state index is 0.0337. The van der Waals surface area contributed by atoms with Crippen molar-refractivity contribution in [1.29, 1.82) is 0 Å². The lowest BCUT2D eigenvalue weighted by atomic mass is 10.0. The molecule has 0 aliphatic carbocycles. The molecule has 0 radical (unpaired) electrons. The molecule has 0 bridgehead atoms. The van der Waals surface area contributed by atoms with Gasteiger partial charge in [0.15, 0.2) is 9.84 Å². The van der Waals surface area contributed by atoms with Crippen LogP contribution in [0.15, 0.2) is 12.1 Å². The number of amides is 1. The van der Waals surface area contributed by atoms with E-state index in [-0.39, 0.29) is 29.5 Å². The van der Waals surface area contributed by atoms with Crippen molar-refractivity contribution in [3.63, 3.8) is 0 Å². The zero-order valence-electron chi connectivity index (χ0n) is 12.8. The Morgan fingerprint density at radius 2 is 2.09 bits per heavy atom. The molecule has 2 unspecified atom stereocenters. The average molecular weight is 379 g/mol. The summed E-state index contributed by atoms with van der Waals surface area (Å²) in [4.78, 5) is 17.1. The fourth-order valence-electron chi connectivity index (χ4n) is 3.33. The van der Waals surface area contributed by atoms with Crippen LogP contribution in [-0.2, 0) is 14.6 Å². The van der Waals surface area contributed by atoms with Gasteiger partial charge in [0.2, 0.25) is 0 Å². The summed E-state index contributed by atoms with van der Waals surface area (Å²) in [6.07, 6.45) is 0. The summed E-state index contributed by atoms with van der Waals surface area (Å²) in [6, 6.07) is 2.95. The van der Waals surface area contributed by atoms with Crippen LogP contribution in [-0.4, -0.2) is 81.1 Å². The first-order valence-electron chi connectivity index (χ1n) is 7.41. The number of carbonyl (C=O) groups is 1. The molecule has 0 aromatic carbocycles. The molecule has 6 nitrogen and oxygen atoms in total. The van der Waals surface area contributed by atoms with Crippen LogP contribution in [0.2, 0.25) is 4.34 Å². The van der Waals surface area contributed by atoms with Gasteiger partial charge < -0.3 is 9.64 Å². The van der Waals surface area contributed by atoms with E-state index >= 15 is 0 Å². The van der Waals surface area contributed by atoms with Gasteiger partial charge >= 0.3 is 0 Å². The molecule has 3 rings (SSSR count). The Kier molecular flexibility index (Phi) is 4.98. The van der Waals surface area contributed by atoms with E-state index in [1.165, 1.54) is 11.3 Å². The second-order valence-corrected chi connectivity index (χ2v) is 9.71. The molecule has 2 fully saturated rings. The Bertz CT molecular complexity index is 691. The third-order valence-electron chi connectivity index (χ3n) is 4.42. The van der Waals surface area contributed by atoms with Gasteiger partial charge in [-0.2, -0.15) is 0 Å². The summed E-state index contributed by atoms with van der Waals surface area (Å²) in [7, 11) is -1.50. The maximum absolute atomic E-state index is 12.7. The summed E-state index contributed by atoms with van der Waals surface area (Å²) in [5, 5.41) is 0. The number of thiophene rings is 1.